The van der Waals surface area contributed by atoms with Crippen molar-refractivity contribution in [3.8, 4) is 0 Å². The molecule has 0 saturated carbocycles. The summed E-state index contributed by atoms with van der Waals surface area (Å²) in [6.07, 6.45) is 12.2. The van der Waals surface area contributed by atoms with E-state index in [2.05, 4.69) is 67.2 Å². The Morgan fingerprint density at radius 3 is 1.96 bits per heavy atom. The van der Waals surface area contributed by atoms with Gasteiger partial charge in [-0.1, -0.05) is 46.6 Å². The Bertz CT molecular complexity index is 604. The SMILES string of the molecule is C=C(CC/C=C(\C)CCC=C(C)C)C(=O)OC/C=C(\C)CCC(C)=C(C)C. The summed E-state index contributed by atoms with van der Waals surface area (Å²) in [5.74, 6) is -0.282. The fourth-order valence-electron chi connectivity index (χ4n) is 2.38. The number of hydrogen-bond acceptors (Lipinski definition) is 2. The number of allylic oxidation sites excluding steroid dienone is 7. The highest BCUT2D eigenvalue weighted by Gasteiger charge is 2.07. The second-order valence-electron chi connectivity index (χ2n) is 7.94. The molecule has 0 saturated heterocycles. The van der Waals surface area contributed by atoms with Crippen LogP contribution >= 0.6 is 0 Å². The molecule has 0 aliphatic carbocycles. The number of rotatable bonds is 12. The van der Waals surface area contributed by atoms with Crippen molar-refractivity contribution in [3.63, 3.8) is 0 Å². The van der Waals surface area contributed by atoms with Crippen LogP contribution in [-0.4, -0.2) is 12.6 Å². The molecule has 27 heavy (non-hydrogen) atoms. The van der Waals surface area contributed by atoms with Crippen LogP contribution in [0.3, 0.4) is 0 Å². The van der Waals surface area contributed by atoms with Gasteiger partial charge in [-0.05, 0) is 93.1 Å². The fourth-order valence-corrected chi connectivity index (χ4v) is 2.38. The van der Waals surface area contributed by atoms with E-state index in [1.54, 1.807) is 0 Å². The molecule has 0 aromatic carbocycles. The van der Waals surface area contributed by atoms with Crippen molar-refractivity contribution in [1.29, 1.82) is 0 Å². The first-order valence-corrected chi connectivity index (χ1v) is 10.1. The highest BCUT2D eigenvalue weighted by molar-refractivity contribution is 5.87. The fraction of sp³-hybridized carbons (Fsp3) is 0.560. The summed E-state index contributed by atoms with van der Waals surface area (Å²) in [5.41, 5.74) is 7.33. The zero-order valence-corrected chi connectivity index (χ0v) is 18.7. The van der Waals surface area contributed by atoms with E-state index in [0.29, 0.717) is 18.6 Å². The van der Waals surface area contributed by atoms with Crippen molar-refractivity contribution in [2.24, 2.45) is 0 Å². The van der Waals surface area contributed by atoms with Crippen LogP contribution in [0.25, 0.3) is 0 Å². The minimum absolute atomic E-state index is 0.282. The summed E-state index contributed by atoms with van der Waals surface area (Å²) in [6.45, 7) is 19.1. The average molecular weight is 373 g/mol. The first kappa shape index (κ1) is 25.2. The molecule has 2 heteroatoms. The smallest absolute Gasteiger partial charge is 0.333 e. The third-order valence-corrected chi connectivity index (χ3v) is 4.71. The van der Waals surface area contributed by atoms with Gasteiger partial charge < -0.3 is 4.74 Å². The normalized spacial score (nSPS) is 11.8. The Balaban J connectivity index is 4.14. The van der Waals surface area contributed by atoms with E-state index in [0.717, 1.165) is 32.1 Å². The van der Waals surface area contributed by atoms with Crippen LogP contribution in [0.5, 0.6) is 0 Å². The number of esters is 1. The van der Waals surface area contributed by atoms with Gasteiger partial charge in [0.1, 0.15) is 6.61 Å². The topological polar surface area (TPSA) is 26.3 Å². The molecule has 0 heterocycles. The van der Waals surface area contributed by atoms with E-state index in [9.17, 15) is 4.79 Å². The molecule has 0 radical (unpaired) electrons. The van der Waals surface area contributed by atoms with E-state index in [1.165, 1.54) is 27.9 Å². The number of carbonyl (C=O) groups excluding carboxylic acids is 1. The minimum atomic E-state index is -0.282. The van der Waals surface area contributed by atoms with Crippen molar-refractivity contribution in [2.45, 2.75) is 87.0 Å². The van der Waals surface area contributed by atoms with Crippen LogP contribution in [-0.2, 0) is 9.53 Å². The Hall–Kier alpha value is -1.83. The summed E-state index contributed by atoms with van der Waals surface area (Å²) in [6, 6.07) is 0. The van der Waals surface area contributed by atoms with E-state index in [4.69, 9.17) is 4.74 Å². The third kappa shape index (κ3) is 14.0. The molecular formula is C25H40O2. The molecule has 2 nitrogen and oxygen atoms in total. The predicted molar refractivity (Wildman–Crippen MR) is 119 cm³/mol. The molecule has 0 unspecified atom stereocenters. The summed E-state index contributed by atoms with van der Waals surface area (Å²) < 4.78 is 5.32. The van der Waals surface area contributed by atoms with E-state index in [1.807, 2.05) is 6.08 Å². The van der Waals surface area contributed by atoms with Gasteiger partial charge in [-0.3, -0.25) is 0 Å². The number of ether oxygens (including phenoxy) is 1. The lowest BCUT2D eigenvalue weighted by Crippen LogP contribution is -2.07. The molecule has 152 valence electrons. The first-order chi connectivity index (χ1) is 12.6. The molecule has 0 amide bonds. The monoisotopic (exact) mass is 372 g/mol. The van der Waals surface area contributed by atoms with Gasteiger partial charge in [0.15, 0.2) is 0 Å². The van der Waals surface area contributed by atoms with Crippen LogP contribution in [0.2, 0.25) is 0 Å². The summed E-state index contributed by atoms with van der Waals surface area (Å²) >= 11 is 0. The molecule has 0 spiro atoms. The van der Waals surface area contributed by atoms with Gasteiger partial charge in [0.25, 0.3) is 0 Å². The standard InChI is InChI=1S/C25H40O2/c1-19(2)11-9-12-21(5)13-10-14-24(8)25(26)27-18-17-22(6)15-16-23(7)20(3)4/h11,13,17H,8-10,12,14-16,18H2,1-7H3/b21-13+,22-17+. The predicted octanol–water partition coefficient (Wildman–Crippen LogP) is 7.64. The van der Waals surface area contributed by atoms with Crippen molar-refractivity contribution in [1.82, 2.24) is 0 Å². The highest BCUT2D eigenvalue weighted by atomic mass is 16.5. The van der Waals surface area contributed by atoms with Gasteiger partial charge in [-0.15, -0.1) is 0 Å². The average Bonchev–Trinajstić information content (AvgIpc) is 2.58. The Kier molecular flexibility index (Phi) is 13.3. The lowest BCUT2D eigenvalue weighted by atomic mass is 10.0. The van der Waals surface area contributed by atoms with Crippen LogP contribution in [0, 0.1) is 0 Å². The van der Waals surface area contributed by atoms with Gasteiger partial charge in [-0.2, -0.15) is 0 Å². The molecule has 0 aliphatic rings. The maximum absolute atomic E-state index is 12.0. The Morgan fingerprint density at radius 1 is 0.778 bits per heavy atom. The second-order valence-corrected chi connectivity index (χ2v) is 7.94. The first-order valence-electron chi connectivity index (χ1n) is 10.1. The largest absolute Gasteiger partial charge is 0.458 e. The molecule has 0 rings (SSSR count). The summed E-state index contributed by atoms with van der Waals surface area (Å²) in [4.78, 5) is 12.0. The summed E-state index contributed by atoms with van der Waals surface area (Å²) in [7, 11) is 0. The van der Waals surface area contributed by atoms with Gasteiger partial charge in [-0.25, -0.2) is 4.79 Å². The van der Waals surface area contributed by atoms with Crippen LogP contribution in [0.15, 0.2) is 58.2 Å². The molecule has 0 atom stereocenters. The van der Waals surface area contributed by atoms with E-state index in [-0.39, 0.29) is 5.97 Å². The lowest BCUT2D eigenvalue weighted by Gasteiger charge is -2.07. The van der Waals surface area contributed by atoms with Crippen LogP contribution in [0.4, 0.5) is 0 Å². The van der Waals surface area contributed by atoms with E-state index >= 15 is 0 Å². The van der Waals surface area contributed by atoms with Crippen LogP contribution < -0.4 is 0 Å². The van der Waals surface area contributed by atoms with Gasteiger partial charge in [0.2, 0.25) is 0 Å². The van der Waals surface area contributed by atoms with Crippen molar-refractivity contribution in [2.75, 3.05) is 6.61 Å². The highest BCUT2D eigenvalue weighted by Crippen LogP contribution is 2.15. The zero-order chi connectivity index (χ0) is 20.8. The molecule has 0 N–H and O–H groups in total. The molecule has 0 bridgehead atoms. The van der Waals surface area contributed by atoms with Crippen molar-refractivity contribution < 1.29 is 9.53 Å². The molecule has 0 aliphatic heterocycles. The molecule has 0 aromatic rings. The lowest BCUT2D eigenvalue weighted by molar-refractivity contribution is -0.137. The van der Waals surface area contributed by atoms with Crippen molar-refractivity contribution in [3.05, 3.63) is 58.2 Å². The Labute approximate surface area is 167 Å². The number of carbonyl (C=O) groups is 1. The van der Waals surface area contributed by atoms with Gasteiger partial charge in [0, 0.05) is 5.57 Å². The van der Waals surface area contributed by atoms with Crippen LogP contribution in [0.1, 0.15) is 87.0 Å². The molecule has 0 fully saturated rings. The quantitative estimate of drug-likeness (QED) is 0.200. The summed E-state index contributed by atoms with van der Waals surface area (Å²) in [5, 5.41) is 0. The molecule has 0 aromatic heterocycles. The van der Waals surface area contributed by atoms with E-state index < -0.39 is 0 Å². The number of hydrogen-bond donors (Lipinski definition) is 0. The molecular weight excluding hydrogens is 332 g/mol. The van der Waals surface area contributed by atoms with Gasteiger partial charge in [0.05, 0.1) is 0 Å². The van der Waals surface area contributed by atoms with Crippen molar-refractivity contribution >= 4 is 5.97 Å². The minimum Gasteiger partial charge on any atom is -0.458 e. The Morgan fingerprint density at radius 2 is 1.37 bits per heavy atom. The van der Waals surface area contributed by atoms with Gasteiger partial charge >= 0.3 is 5.97 Å². The maximum atomic E-state index is 12.0. The second kappa shape index (κ2) is 14.3. The zero-order valence-electron chi connectivity index (χ0n) is 18.7. The third-order valence-electron chi connectivity index (χ3n) is 4.71. The maximum Gasteiger partial charge on any atom is 0.333 e.